The van der Waals surface area contributed by atoms with Crippen molar-refractivity contribution in [1.82, 2.24) is 5.32 Å². The number of nitrogens with one attached hydrogen (secondary N) is 1. The molecule has 0 saturated heterocycles. The predicted molar refractivity (Wildman–Crippen MR) is 97.3 cm³/mol. The molecule has 2 atom stereocenters. The molecule has 0 aromatic heterocycles. The van der Waals surface area contributed by atoms with Crippen LogP contribution < -0.4 is 19.5 Å². The highest BCUT2D eigenvalue weighted by Gasteiger charge is 2.17. The summed E-state index contributed by atoms with van der Waals surface area (Å²) in [6, 6.07) is 14.7. The normalized spacial score (nSPS) is 12.8. The van der Waals surface area contributed by atoms with E-state index < -0.39 is 6.10 Å². The Balaban J connectivity index is 1.90. The number of amides is 1. The lowest BCUT2D eigenvalue weighted by molar-refractivity contribution is -0.127. The number of carbonyl (C=O) groups excluding carboxylic acids is 1. The summed E-state index contributed by atoms with van der Waals surface area (Å²) in [7, 11) is 1.61. The number of hydrogen-bond acceptors (Lipinski definition) is 4. The Kier molecular flexibility index (Phi) is 6.69. The Morgan fingerprint density at radius 3 is 2.08 bits per heavy atom. The number of hydrogen-bond donors (Lipinski definition) is 1. The summed E-state index contributed by atoms with van der Waals surface area (Å²) >= 11 is 0. The van der Waals surface area contributed by atoms with Gasteiger partial charge in [-0.3, -0.25) is 4.79 Å². The molecule has 0 aliphatic rings. The first-order chi connectivity index (χ1) is 12.0. The molecule has 25 heavy (non-hydrogen) atoms. The summed E-state index contributed by atoms with van der Waals surface area (Å²) in [6.07, 6.45) is -0.599. The van der Waals surface area contributed by atoms with E-state index in [0.717, 1.165) is 17.1 Å². The van der Waals surface area contributed by atoms with E-state index in [4.69, 9.17) is 14.2 Å². The van der Waals surface area contributed by atoms with Gasteiger partial charge in [-0.1, -0.05) is 12.1 Å². The van der Waals surface area contributed by atoms with Gasteiger partial charge in [-0.25, -0.2) is 0 Å². The molecule has 2 aromatic rings. The van der Waals surface area contributed by atoms with Crippen LogP contribution in [0, 0.1) is 0 Å². The average Bonchev–Trinajstić information content (AvgIpc) is 2.63. The Morgan fingerprint density at radius 2 is 1.52 bits per heavy atom. The maximum absolute atomic E-state index is 12.3. The molecule has 0 bridgehead atoms. The quantitative estimate of drug-likeness (QED) is 0.793. The molecule has 2 rings (SSSR count). The molecule has 0 radical (unpaired) electrons. The lowest BCUT2D eigenvalue weighted by Gasteiger charge is -2.19. The Hall–Kier alpha value is -2.69. The summed E-state index contributed by atoms with van der Waals surface area (Å²) in [6.45, 7) is 6.24. The molecule has 134 valence electrons. The van der Waals surface area contributed by atoms with E-state index in [1.165, 1.54) is 0 Å². The van der Waals surface area contributed by atoms with Gasteiger partial charge in [-0.05, 0) is 62.7 Å². The summed E-state index contributed by atoms with van der Waals surface area (Å²) < 4.78 is 16.2. The highest BCUT2D eigenvalue weighted by molar-refractivity contribution is 5.81. The van der Waals surface area contributed by atoms with Gasteiger partial charge in [0.25, 0.3) is 5.91 Å². The van der Waals surface area contributed by atoms with Crippen LogP contribution in [0.1, 0.15) is 32.4 Å². The fourth-order valence-corrected chi connectivity index (χ4v) is 2.35. The molecule has 0 spiro atoms. The monoisotopic (exact) mass is 343 g/mol. The third-order valence-electron chi connectivity index (χ3n) is 3.79. The van der Waals surface area contributed by atoms with E-state index in [0.29, 0.717) is 12.4 Å². The largest absolute Gasteiger partial charge is 0.497 e. The fourth-order valence-electron chi connectivity index (χ4n) is 2.35. The summed E-state index contributed by atoms with van der Waals surface area (Å²) in [5.74, 6) is 2.02. The minimum atomic E-state index is -0.599. The molecule has 0 aliphatic heterocycles. The first-order valence-electron chi connectivity index (χ1n) is 8.37. The number of carbonyl (C=O) groups is 1. The molecule has 2 aromatic carbocycles. The smallest absolute Gasteiger partial charge is 0.261 e. The third kappa shape index (κ3) is 5.41. The minimum absolute atomic E-state index is 0.120. The second-order valence-electron chi connectivity index (χ2n) is 5.67. The van der Waals surface area contributed by atoms with Gasteiger partial charge in [0, 0.05) is 0 Å². The zero-order valence-corrected chi connectivity index (χ0v) is 15.1. The second-order valence-corrected chi connectivity index (χ2v) is 5.67. The molecule has 2 unspecified atom stereocenters. The first-order valence-corrected chi connectivity index (χ1v) is 8.37. The number of benzene rings is 2. The van der Waals surface area contributed by atoms with Gasteiger partial charge in [0.15, 0.2) is 6.10 Å². The van der Waals surface area contributed by atoms with E-state index in [1.807, 2.05) is 38.1 Å². The highest BCUT2D eigenvalue weighted by Crippen LogP contribution is 2.20. The molecular formula is C20H25NO4. The topological polar surface area (TPSA) is 56.8 Å². The van der Waals surface area contributed by atoms with Crippen LogP contribution in [0.4, 0.5) is 0 Å². The predicted octanol–water partition coefficient (Wildman–Crippen LogP) is 3.74. The van der Waals surface area contributed by atoms with E-state index in [-0.39, 0.29) is 11.9 Å². The van der Waals surface area contributed by atoms with Crippen LogP contribution in [-0.2, 0) is 4.79 Å². The lowest BCUT2D eigenvalue weighted by atomic mass is 10.1. The maximum Gasteiger partial charge on any atom is 0.261 e. The first kappa shape index (κ1) is 18.6. The van der Waals surface area contributed by atoms with Gasteiger partial charge >= 0.3 is 0 Å². The fraction of sp³-hybridized carbons (Fsp3) is 0.350. The second kappa shape index (κ2) is 8.97. The van der Waals surface area contributed by atoms with Crippen molar-refractivity contribution in [2.45, 2.75) is 32.9 Å². The van der Waals surface area contributed by atoms with E-state index in [2.05, 4.69) is 5.32 Å². The van der Waals surface area contributed by atoms with Gasteiger partial charge in [0.2, 0.25) is 0 Å². The molecule has 5 nitrogen and oxygen atoms in total. The number of methoxy groups -OCH3 is 1. The lowest BCUT2D eigenvalue weighted by Crippen LogP contribution is -2.37. The average molecular weight is 343 g/mol. The zero-order valence-electron chi connectivity index (χ0n) is 15.1. The number of rotatable bonds is 8. The Bertz CT molecular complexity index is 667. The Morgan fingerprint density at radius 1 is 0.960 bits per heavy atom. The zero-order chi connectivity index (χ0) is 18.2. The van der Waals surface area contributed by atoms with Crippen LogP contribution in [0.5, 0.6) is 17.2 Å². The van der Waals surface area contributed by atoms with Crippen molar-refractivity contribution in [3.63, 3.8) is 0 Å². The summed E-state index contributed by atoms with van der Waals surface area (Å²) in [4.78, 5) is 12.3. The molecule has 5 heteroatoms. The molecular weight excluding hydrogens is 318 g/mol. The van der Waals surface area contributed by atoms with E-state index in [1.54, 1.807) is 38.3 Å². The van der Waals surface area contributed by atoms with Crippen LogP contribution in [0.15, 0.2) is 48.5 Å². The standard InChI is InChI=1S/C20H25NO4/c1-5-24-18-8-6-16(7-9-18)14(2)21-20(22)15(3)25-19-12-10-17(23-4)11-13-19/h6-15H,5H2,1-4H3,(H,21,22). The van der Waals surface area contributed by atoms with Crippen LogP contribution in [0.2, 0.25) is 0 Å². The highest BCUT2D eigenvalue weighted by atomic mass is 16.5. The van der Waals surface area contributed by atoms with Gasteiger partial charge in [-0.2, -0.15) is 0 Å². The van der Waals surface area contributed by atoms with Crippen LogP contribution in [0.25, 0.3) is 0 Å². The molecule has 0 saturated carbocycles. The molecule has 0 fully saturated rings. The van der Waals surface area contributed by atoms with E-state index in [9.17, 15) is 4.79 Å². The van der Waals surface area contributed by atoms with Crippen molar-refractivity contribution in [3.8, 4) is 17.2 Å². The van der Waals surface area contributed by atoms with Crippen LogP contribution >= 0.6 is 0 Å². The van der Waals surface area contributed by atoms with Gasteiger partial charge < -0.3 is 19.5 Å². The van der Waals surface area contributed by atoms with Crippen molar-refractivity contribution >= 4 is 5.91 Å². The van der Waals surface area contributed by atoms with Crippen molar-refractivity contribution in [3.05, 3.63) is 54.1 Å². The summed E-state index contributed by atoms with van der Waals surface area (Å²) in [5, 5.41) is 2.96. The van der Waals surface area contributed by atoms with E-state index >= 15 is 0 Å². The SMILES string of the molecule is CCOc1ccc(C(C)NC(=O)C(C)Oc2ccc(OC)cc2)cc1. The van der Waals surface area contributed by atoms with Crippen LogP contribution in [-0.4, -0.2) is 25.7 Å². The van der Waals surface area contributed by atoms with Crippen LogP contribution in [0.3, 0.4) is 0 Å². The van der Waals surface area contributed by atoms with Crippen molar-refractivity contribution < 1.29 is 19.0 Å². The van der Waals surface area contributed by atoms with Crippen molar-refractivity contribution in [1.29, 1.82) is 0 Å². The van der Waals surface area contributed by atoms with Crippen molar-refractivity contribution in [2.75, 3.05) is 13.7 Å². The summed E-state index contributed by atoms with van der Waals surface area (Å²) in [5.41, 5.74) is 1.01. The molecule has 1 N–H and O–H groups in total. The molecule has 0 heterocycles. The molecule has 1 amide bonds. The maximum atomic E-state index is 12.3. The van der Waals surface area contributed by atoms with Gasteiger partial charge in [0.1, 0.15) is 17.2 Å². The number of ether oxygens (including phenoxy) is 3. The third-order valence-corrected chi connectivity index (χ3v) is 3.79. The van der Waals surface area contributed by atoms with Gasteiger partial charge in [0.05, 0.1) is 19.8 Å². The van der Waals surface area contributed by atoms with Crippen molar-refractivity contribution in [2.24, 2.45) is 0 Å². The van der Waals surface area contributed by atoms with Gasteiger partial charge in [-0.15, -0.1) is 0 Å². The minimum Gasteiger partial charge on any atom is -0.497 e. The Labute approximate surface area is 148 Å². The molecule has 0 aliphatic carbocycles.